The molecule has 0 aliphatic carbocycles. The number of aliphatic carboxylic acids is 1. The predicted molar refractivity (Wildman–Crippen MR) is 69.3 cm³/mol. The summed E-state index contributed by atoms with van der Waals surface area (Å²) in [6.07, 6.45) is 2.32. The Labute approximate surface area is 114 Å². The quantitative estimate of drug-likeness (QED) is 0.853. The van der Waals surface area contributed by atoms with Crippen LogP contribution in [0.4, 0.5) is 4.79 Å². The largest absolute Gasteiger partial charge is 0.480 e. The summed E-state index contributed by atoms with van der Waals surface area (Å²) in [6.45, 7) is 0.0201. The summed E-state index contributed by atoms with van der Waals surface area (Å²) in [6, 6.07) is 8.95. The SMILES string of the molecule is O=C(NC(Cn1cccn1)C(=O)O)Oc1ccccc1. The third-order valence-electron chi connectivity index (χ3n) is 2.47. The van der Waals surface area contributed by atoms with E-state index in [0.29, 0.717) is 5.75 Å². The van der Waals surface area contributed by atoms with Gasteiger partial charge in [0.2, 0.25) is 0 Å². The second-order valence-corrected chi connectivity index (χ2v) is 3.97. The maximum Gasteiger partial charge on any atom is 0.413 e. The van der Waals surface area contributed by atoms with E-state index < -0.39 is 18.1 Å². The number of ether oxygens (including phenoxy) is 1. The number of nitrogens with zero attached hydrogens (tertiary/aromatic N) is 2. The van der Waals surface area contributed by atoms with E-state index in [-0.39, 0.29) is 6.54 Å². The van der Waals surface area contributed by atoms with E-state index in [0.717, 1.165) is 0 Å². The van der Waals surface area contributed by atoms with Gasteiger partial charge in [-0.2, -0.15) is 5.10 Å². The Bertz CT molecular complexity index is 569. The number of hydrogen-bond donors (Lipinski definition) is 2. The predicted octanol–water partition coefficient (Wildman–Crippen LogP) is 1.12. The second kappa shape index (κ2) is 6.37. The number of para-hydroxylation sites is 1. The van der Waals surface area contributed by atoms with Gasteiger partial charge in [0.05, 0.1) is 6.54 Å². The van der Waals surface area contributed by atoms with Crippen LogP contribution in [0.2, 0.25) is 0 Å². The second-order valence-electron chi connectivity index (χ2n) is 3.97. The van der Waals surface area contributed by atoms with Gasteiger partial charge in [0.1, 0.15) is 11.8 Å². The van der Waals surface area contributed by atoms with Crippen molar-refractivity contribution in [2.24, 2.45) is 0 Å². The number of rotatable bonds is 5. The first-order valence-corrected chi connectivity index (χ1v) is 5.89. The Kier molecular flexibility index (Phi) is 4.33. The van der Waals surface area contributed by atoms with E-state index in [2.05, 4.69) is 10.4 Å². The standard InChI is InChI=1S/C13H13N3O4/c17-12(18)11(9-16-8-4-7-14-16)15-13(19)20-10-5-2-1-3-6-10/h1-8,11H,9H2,(H,15,19)(H,17,18). The number of amides is 1. The molecule has 1 aromatic carbocycles. The van der Waals surface area contributed by atoms with Crippen LogP contribution in [0.1, 0.15) is 0 Å². The molecule has 1 atom stereocenters. The van der Waals surface area contributed by atoms with Crippen LogP contribution in [0.15, 0.2) is 48.8 Å². The fourth-order valence-electron chi connectivity index (χ4n) is 1.55. The Morgan fingerprint density at radius 3 is 2.65 bits per heavy atom. The maximum absolute atomic E-state index is 11.6. The molecule has 0 fully saturated rings. The Morgan fingerprint density at radius 1 is 1.30 bits per heavy atom. The fraction of sp³-hybridized carbons (Fsp3) is 0.154. The zero-order valence-electron chi connectivity index (χ0n) is 10.5. The monoisotopic (exact) mass is 275 g/mol. The van der Waals surface area contributed by atoms with Crippen molar-refractivity contribution >= 4 is 12.1 Å². The summed E-state index contributed by atoms with van der Waals surface area (Å²) in [5.74, 6) is -0.821. The van der Waals surface area contributed by atoms with Gasteiger partial charge in [0.15, 0.2) is 0 Å². The number of carboxylic acid groups (broad SMARTS) is 1. The molecule has 2 N–H and O–H groups in total. The smallest absolute Gasteiger partial charge is 0.413 e. The van der Waals surface area contributed by atoms with Crippen molar-refractivity contribution in [3.05, 3.63) is 48.8 Å². The average Bonchev–Trinajstić information content (AvgIpc) is 2.92. The number of aromatic nitrogens is 2. The summed E-state index contributed by atoms with van der Waals surface area (Å²) < 4.78 is 6.39. The highest BCUT2D eigenvalue weighted by Crippen LogP contribution is 2.08. The highest BCUT2D eigenvalue weighted by Gasteiger charge is 2.21. The van der Waals surface area contributed by atoms with Crippen LogP contribution in [-0.2, 0) is 11.3 Å². The minimum atomic E-state index is -1.16. The van der Waals surface area contributed by atoms with E-state index in [1.807, 2.05) is 0 Å². The lowest BCUT2D eigenvalue weighted by Crippen LogP contribution is -2.45. The molecule has 1 heterocycles. The molecule has 104 valence electrons. The minimum absolute atomic E-state index is 0.0201. The lowest BCUT2D eigenvalue weighted by atomic mass is 10.3. The van der Waals surface area contributed by atoms with E-state index in [9.17, 15) is 9.59 Å². The highest BCUT2D eigenvalue weighted by atomic mass is 16.6. The normalized spacial score (nSPS) is 11.6. The molecule has 0 radical (unpaired) electrons. The fourth-order valence-corrected chi connectivity index (χ4v) is 1.55. The van der Waals surface area contributed by atoms with Gasteiger partial charge in [-0.25, -0.2) is 9.59 Å². The van der Waals surface area contributed by atoms with Crippen molar-refractivity contribution < 1.29 is 19.4 Å². The molecule has 1 unspecified atom stereocenters. The maximum atomic E-state index is 11.6. The first-order valence-electron chi connectivity index (χ1n) is 5.89. The van der Waals surface area contributed by atoms with Gasteiger partial charge in [0.25, 0.3) is 0 Å². The van der Waals surface area contributed by atoms with Crippen molar-refractivity contribution in [3.8, 4) is 5.75 Å². The molecule has 2 rings (SSSR count). The van der Waals surface area contributed by atoms with E-state index in [1.54, 1.807) is 42.6 Å². The molecule has 20 heavy (non-hydrogen) atoms. The van der Waals surface area contributed by atoms with E-state index in [4.69, 9.17) is 9.84 Å². The molecule has 0 aliphatic heterocycles. The number of carbonyl (C=O) groups is 2. The lowest BCUT2D eigenvalue weighted by molar-refractivity contribution is -0.139. The zero-order valence-corrected chi connectivity index (χ0v) is 10.5. The third kappa shape index (κ3) is 3.84. The summed E-state index contributed by atoms with van der Waals surface area (Å²) in [5, 5.41) is 15.2. The number of hydrogen-bond acceptors (Lipinski definition) is 4. The molecule has 0 bridgehead atoms. The van der Waals surface area contributed by atoms with Crippen LogP contribution in [0.25, 0.3) is 0 Å². The van der Waals surface area contributed by atoms with Crippen molar-refractivity contribution in [1.82, 2.24) is 15.1 Å². The first-order chi connectivity index (χ1) is 9.65. The molecule has 0 saturated carbocycles. The molecule has 0 saturated heterocycles. The molecule has 0 spiro atoms. The van der Waals surface area contributed by atoms with Crippen molar-refractivity contribution in [2.75, 3.05) is 0 Å². The van der Waals surface area contributed by atoms with Gasteiger partial charge in [0, 0.05) is 12.4 Å². The third-order valence-corrected chi connectivity index (χ3v) is 2.47. The van der Waals surface area contributed by atoms with E-state index in [1.165, 1.54) is 10.9 Å². The molecular weight excluding hydrogens is 262 g/mol. The molecule has 7 heteroatoms. The summed E-state index contributed by atoms with van der Waals surface area (Å²) in [7, 11) is 0. The summed E-state index contributed by atoms with van der Waals surface area (Å²) >= 11 is 0. The Balaban J connectivity index is 1.94. The molecule has 1 amide bonds. The number of carboxylic acids is 1. The van der Waals surface area contributed by atoms with Crippen LogP contribution < -0.4 is 10.1 Å². The molecule has 2 aromatic rings. The summed E-state index contributed by atoms with van der Waals surface area (Å²) in [5.41, 5.74) is 0. The van der Waals surface area contributed by atoms with Gasteiger partial charge < -0.3 is 15.2 Å². The number of carbonyl (C=O) groups excluding carboxylic acids is 1. The molecule has 0 aliphatic rings. The van der Waals surface area contributed by atoms with Gasteiger partial charge in [-0.3, -0.25) is 4.68 Å². The molecule has 7 nitrogen and oxygen atoms in total. The summed E-state index contributed by atoms with van der Waals surface area (Å²) in [4.78, 5) is 22.7. The molecule has 1 aromatic heterocycles. The van der Waals surface area contributed by atoms with Gasteiger partial charge in [-0.05, 0) is 18.2 Å². The molecular formula is C13H13N3O4. The minimum Gasteiger partial charge on any atom is -0.480 e. The topological polar surface area (TPSA) is 93.5 Å². The van der Waals surface area contributed by atoms with Crippen LogP contribution in [0.3, 0.4) is 0 Å². The first kappa shape index (κ1) is 13.6. The lowest BCUT2D eigenvalue weighted by Gasteiger charge is -2.14. The van der Waals surface area contributed by atoms with Crippen molar-refractivity contribution in [2.45, 2.75) is 12.6 Å². The van der Waals surface area contributed by atoms with Gasteiger partial charge >= 0.3 is 12.1 Å². The van der Waals surface area contributed by atoms with Crippen LogP contribution >= 0.6 is 0 Å². The van der Waals surface area contributed by atoms with Crippen LogP contribution in [-0.4, -0.2) is 33.0 Å². The number of nitrogens with one attached hydrogen (secondary N) is 1. The number of benzene rings is 1. The Morgan fingerprint density at radius 2 is 2.05 bits per heavy atom. The zero-order chi connectivity index (χ0) is 14.4. The van der Waals surface area contributed by atoms with Crippen LogP contribution in [0.5, 0.6) is 5.75 Å². The van der Waals surface area contributed by atoms with Gasteiger partial charge in [-0.1, -0.05) is 18.2 Å². The van der Waals surface area contributed by atoms with Crippen LogP contribution in [0, 0.1) is 0 Å². The Hall–Kier alpha value is -2.83. The van der Waals surface area contributed by atoms with Crippen molar-refractivity contribution in [3.63, 3.8) is 0 Å². The van der Waals surface area contributed by atoms with Gasteiger partial charge in [-0.15, -0.1) is 0 Å². The van der Waals surface area contributed by atoms with Crippen molar-refractivity contribution in [1.29, 1.82) is 0 Å². The van der Waals surface area contributed by atoms with E-state index >= 15 is 0 Å². The highest BCUT2D eigenvalue weighted by molar-refractivity contribution is 5.80. The average molecular weight is 275 g/mol.